The number of benzene rings is 1. The first kappa shape index (κ1) is 94.8. The van der Waals surface area contributed by atoms with E-state index < -0.39 is 207 Å². The largest absolute Gasteiger partial charge is 0.462 e. The zero-order valence-corrected chi connectivity index (χ0v) is 73.9. The summed E-state index contributed by atoms with van der Waals surface area (Å²) in [5, 5.41) is 14.9. The van der Waals surface area contributed by atoms with E-state index in [-0.39, 0.29) is 95.4 Å². The third kappa shape index (κ3) is 18.7. The highest BCUT2D eigenvalue weighted by Gasteiger charge is 2.70. The third-order valence-electron chi connectivity index (χ3n) is 22.9. The first-order valence-corrected chi connectivity index (χ1v) is 42.8. The number of fused-ring (bicyclic) bond motifs is 6. The Morgan fingerprint density at radius 2 is 0.803 bits per heavy atom. The summed E-state index contributed by atoms with van der Waals surface area (Å²) in [6.45, 7) is 1.40. The molecule has 13 aliphatic rings. The number of pyridine rings is 6. The molecule has 1 saturated heterocycles. The molecule has 0 bridgehead atoms. The van der Waals surface area contributed by atoms with Crippen LogP contribution in [0.1, 0.15) is 96.4 Å². The lowest BCUT2D eigenvalue weighted by atomic mass is 9.85. The minimum atomic E-state index is -3.03. The van der Waals surface area contributed by atoms with E-state index >= 15 is 0 Å². The molecule has 25 nitrogen and oxygen atoms in total. The maximum atomic E-state index is 14.4. The SMILES string of the molecule is CC(F)[C@]1(c2nc(Br)ccc2F)NO[C@@H]2C[C@@H]21.FC(F)C1=NOC2CC12.NC1=N[C@@](c2nc(Br)ccc2F)(C(F)F)[C@H]2C[C@H]2O1.NC1=N[C@@](c2nc(Br)ccc2F)(C(F)F)[C@H]2C[C@H]2O1.NC1=N[C@](c2nc(Br)ccc2F)(C(F)F)[C@@H]2C[C@@H]2O1.N[C@@](c1nc(Br)ccc1F)(C(F)F)[C@H]1C[C@H]1O.O=C(NC1=N[C@@](c2nc(Br)ccc2F)(C(F)F)[C@H]2C[C@H]2O1)c1ccccc1. The highest BCUT2D eigenvalue weighted by Crippen LogP contribution is 2.61. The first-order valence-electron chi connectivity index (χ1n) is 38.1. The van der Waals surface area contributed by atoms with Gasteiger partial charge in [0.1, 0.15) is 150 Å². The van der Waals surface area contributed by atoms with Crippen LogP contribution < -0.4 is 33.7 Å². The van der Waals surface area contributed by atoms with Crippen molar-refractivity contribution >= 4 is 131 Å². The van der Waals surface area contributed by atoms with E-state index in [0.717, 1.165) is 43.2 Å². The number of amidine groups is 4. The molecule has 0 spiro atoms. The Kier molecular flexibility index (Phi) is 27.5. The molecule has 682 valence electrons. The molecule has 12 heterocycles. The Morgan fingerprint density at radius 3 is 1.11 bits per heavy atom. The second kappa shape index (κ2) is 36.8. The van der Waals surface area contributed by atoms with Crippen LogP contribution >= 0.6 is 95.6 Å². The summed E-state index contributed by atoms with van der Waals surface area (Å²) in [6, 6.07) is 21.5. The summed E-state index contributed by atoms with van der Waals surface area (Å²) < 4.78 is 280. The Hall–Kier alpha value is -8.27. The molecule has 11 N–H and O–H groups in total. The van der Waals surface area contributed by atoms with Crippen molar-refractivity contribution in [1.29, 1.82) is 0 Å². The number of oxime groups is 1. The number of halogens is 25. The van der Waals surface area contributed by atoms with E-state index in [1.54, 1.807) is 30.3 Å². The summed E-state index contributed by atoms with van der Waals surface area (Å²) in [5.41, 5.74) is 10.9. The van der Waals surface area contributed by atoms with E-state index in [1.165, 1.54) is 49.4 Å². The number of aromatic nitrogens is 6. The molecule has 7 aliphatic carbocycles. The van der Waals surface area contributed by atoms with Gasteiger partial charge in [-0.25, -0.2) is 133 Å². The Bertz CT molecular complexity index is 5260. The van der Waals surface area contributed by atoms with Gasteiger partial charge in [-0.1, -0.05) is 23.4 Å². The molecule has 127 heavy (non-hydrogen) atoms. The summed E-state index contributed by atoms with van der Waals surface area (Å²) in [4.78, 5) is 60.5. The number of nitrogens with one attached hydrogen (secondary N) is 2. The highest BCUT2D eigenvalue weighted by atomic mass is 79.9. The van der Waals surface area contributed by atoms with Gasteiger partial charge in [-0.05, 0) is 232 Å². The standard InChI is InChI=1S/C18H13BrF3N3O2.3C11H9BrF3N3O.C11H11BrF2N2O.C10H10BrF3N2O.C5H5F2NO/c19-13-7-6-11(20)14(23-13)18(16(21)22)10-8-12(10)27-17(25-18)24-15(26)9-4-2-1-3-5-9;3*12-7-2-1-5(13)8(17-7)11(9(14)15)4-3-6(4)19-10(16)18-11;1-5(13)11(6-4-8(6)17-16-11)10-7(14)2-3-9(12)15-10;11-7-2-1-5(12)8(16-7)10(15,9(13)14)4-3-6(4)17;6-5(7)4-2-1-3(2)9-8-4/h1-7,10,12,16H,8H2,(H,24,25,26);3*1-2,4,6,9H,3H2,(H2,16,18);2-3,5-6,8,16H,4H2,1H3;1-2,4,6,9,17H,3,15H2;2-3,5H,1H2/t10-,12+,18-;3*4-,6+,11-;5?,6-,8+,11-;4-,6+,10-;/m010000./s1. The molecule has 8 fully saturated rings. The highest BCUT2D eigenvalue weighted by molar-refractivity contribution is 9.11. The van der Waals surface area contributed by atoms with Crippen molar-refractivity contribution in [2.75, 3.05) is 0 Å². The number of nitrogens with zero attached hydrogens (tertiary/aromatic N) is 11. The molecule has 7 saturated carbocycles. The zero-order chi connectivity index (χ0) is 92.0. The van der Waals surface area contributed by atoms with Gasteiger partial charge in [0.2, 0.25) is 0 Å². The smallest absolute Gasteiger partial charge is 0.293 e. The normalized spacial score (nSPS) is 31.4. The number of aliphatic imine (C=N–C) groups is 4. The predicted octanol–water partition coefficient (Wildman–Crippen LogP) is 15.4. The van der Waals surface area contributed by atoms with Gasteiger partial charge in [0.15, 0.2) is 22.2 Å². The average Bonchev–Trinajstić information content (AvgIpc) is 1.57. The van der Waals surface area contributed by atoms with E-state index in [9.17, 15) is 93.3 Å². The van der Waals surface area contributed by atoms with Crippen molar-refractivity contribution in [2.45, 2.75) is 173 Å². The molecular weight excluding hydrogens is 2130 g/mol. The number of hydrogen-bond donors (Lipinski definition) is 7. The van der Waals surface area contributed by atoms with Crippen LogP contribution in [0.15, 0.2) is 156 Å². The summed E-state index contributed by atoms with van der Waals surface area (Å²) in [6.07, 6.45) is -18.3. The quantitative estimate of drug-likeness (QED) is 0.0370. The number of alkyl halides is 13. The van der Waals surface area contributed by atoms with Gasteiger partial charge in [-0.3, -0.25) is 14.9 Å². The van der Waals surface area contributed by atoms with E-state index in [1.807, 2.05) is 0 Å². The number of nitrogens with two attached hydrogens (primary N) is 4. The van der Waals surface area contributed by atoms with Crippen LogP contribution in [0.4, 0.5) is 83.4 Å². The van der Waals surface area contributed by atoms with Gasteiger partial charge in [0, 0.05) is 47.0 Å². The topological polar surface area (TPSA) is 360 Å². The number of ether oxygens (including phenoxy) is 4. The Balaban J connectivity index is 0.000000122. The third-order valence-corrected chi connectivity index (χ3v) is 25.6. The lowest BCUT2D eigenvalue weighted by Crippen LogP contribution is -2.48. The Labute approximate surface area is 756 Å². The van der Waals surface area contributed by atoms with Crippen molar-refractivity contribution in [1.82, 2.24) is 40.7 Å². The Morgan fingerprint density at radius 1 is 0.457 bits per heavy atom. The second-order valence-corrected chi connectivity index (χ2v) is 35.8. The number of aliphatic hydroxyl groups is 1. The maximum Gasteiger partial charge on any atom is 0.293 e. The maximum absolute atomic E-state index is 14.4. The molecule has 6 aliphatic heterocycles. The van der Waals surface area contributed by atoms with Crippen LogP contribution in [0.25, 0.3) is 0 Å². The molecule has 3 unspecified atom stereocenters. The van der Waals surface area contributed by atoms with Crippen LogP contribution in [0.3, 0.4) is 0 Å². The van der Waals surface area contributed by atoms with E-state index in [4.69, 9.17) is 46.7 Å². The van der Waals surface area contributed by atoms with Crippen molar-refractivity contribution in [2.24, 2.45) is 89.5 Å². The van der Waals surface area contributed by atoms with Crippen molar-refractivity contribution in [3.63, 3.8) is 0 Å². The van der Waals surface area contributed by atoms with Crippen LogP contribution in [0.2, 0.25) is 0 Å². The molecule has 0 radical (unpaired) electrons. The van der Waals surface area contributed by atoms with Crippen molar-refractivity contribution in [3.05, 3.63) is 205 Å². The summed E-state index contributed by atoms with van der Waals surface area (Å²) >= 11 is 18.4. The van der Waals surface area contributed by atoms with Crippen LogP contribution in [0.5, 0.6) is 0 Å². The molecular formula is C77H66Br6F19N17O8. The fourth-order valence-electron chi connectivity index (χ4n) is 16.0. The van der Waals surface area contributed by atoms with Crippen molar-refractivity contribution < 1.29 is 122 Å². The fourth-order valence-corrected chi connectivity index (χ4v) is 17.8. The van der Waals surface area contributed by atoms with E-state index in [2.05, 4.69) is 166 Å². The van der Waals surface area contributed by atoms with Crippen molar-refractivity contribution in [3.8, 4) is 0 Å². The van der Waals surface area contributed by atoms with Gasteiger partial charge in [-0.2, -0.15) is 5.48 Å². The van der Waals surface area contributed by atoms with Gasteiger partial charge < -0.3 is 51.8 Å². The number of amides is 1. The number of hydrogen-bond acceptors (Lipinski definition) is 24. The lowest BCUT2D eigenvalue weighted by molar-refractivity contribution is -0.0132. The molecule has 1 aromatic carbocycles. The van der Waals surface area contributed by atoms with Crippen LogP contribution in [-0.4, -0.2) is 158 Å². The zero-order valence-electron chi connectivity index (χ0n) is 64.4. The van der Waals surface area contributed by atoms with E-state index in [0.29, 0.717) is 29.4 Å². The fraction of sp³-hybridized carbons (Fsp3) is 0.455. The summed E-state index contributed by atoms with van der Waals surface area (Å²) in [7, 11) is 0. The van der Waals surface area contributed by atoms with Gasteiger partial charge >= 0.3 is 0 Å². The molecule has 21 atom stereocenters. The number of aliphatic hydroxyl groups excluding tert-OH is 1. The first-order chi connectivity index (χ1) is 60.0. The molecule has 1 amide bonds. The monoisotopic (exact) mass is 2190 g/mol. The number of carbonyl (C=O) groups is 1. The second-order valence-electron chi connectivity index (χ2n) is 30.9. The van der Waals surface area contributed by atoms with Gasteiger partial charge in [0.25, 0.3) is 68.5 Å². The number of hydroxylamine groups is 1. The molecule has 20 rings (SSSR count). The number of rotatable bonds is 15. The lowest BCUT2D eigenvalue weighted by Gasteiger charge is -2.32. The minimum absolute atomic E-state index is 0.00556. The van der Waals surface area contributed by atoms with Gasteiger partial charge in [0.05, 0.1) is 12.2 Å². The average molecular weight is 2200 g/mol. The predicted molar refractivity (Wildman–Crippen MR) is 431 cm³/mol. The van der Waals surface area contributed by atoms with Crippen LogP contribution in [-0.2, 0) is 61.9 Å². The van der Waals surface area contributed by atoms with Crippen LogP contribution in [0, 0.1) is 76.3 Å². The molecule has 50 heteroatoms. The molecule has 6 aromatic heterocycles. The minimum Gasteiger partial charge on any atom is -0.462 e. The molecule has 7 aromatic rings. The van der Waals surface area contributed by atoms with Gasteiger partial charge in [-0.15, -0.1) is 0 Å². The number of carbonyl (C=O) groups excluding carboxylic acids is 1. The summed E-state index contributed by atoms with van der Waals surface area (Å²) in [5.74, 6) is -8.80.